The maximum atomic E-state index is 5.96. The number of methoxy groups -OCH3 is 1. The lowest BCUT2D eigenvalue weighted by atomic mass is 9.93. The molecule has 1 aromatic carbocycles. The van der Waals surface area contributed by atoms with Crippen molar-refractivity contribution in [1.29, 1.82) is 0 Å². The van der Waals surface area contributed by atoms with Gasteiger partial charge in [0.25, 0.3) is 0 Å². The van der Waals surface area contributed by atoms with Crippen molar-refractivity contribution in [3.63, 3.8) is 0 Å². The molecule has 108 valence electrons. The molecular weight excluding hydrogens is 258 g/mol. The maximum Gasteiger partial charge on any atom is 0.0462 e. The Kier molecular flexibility index (Phi) is 6.84. The molecule has 0 aliphatic rings. The Morgan fingerprint density at radius 1 is 1.21 bits per heavy atom. The van der Waals surface area contributed by atoms with Gasteiger partial charge in [0.2, 0.25) is 0 Å². The standard InChI is InChI=1S/C16H26ClNO/c1-16(2,3)18-12-14(6-5-11-19-4)13-7-9-15(17)10-8-13/h7-10,14,18H,5-6,11-12H2,1-4H3. The fraction of sp³-hybridized carbons (Fsp3) is 0.625. The summed E-state index contributed by atoms with van der Waals surface area (Å²) in [4.78, 5) is 0. The summed E-state index contributed by atoms with van der Waals surface area (Å²) in [5.41, 5.74) is 1.49. The number of hydrogen-bond donors (Lipinski definition) is 1. The minimum atomic E-state index is 0.145. The summed E-state index contributed by atoms with van der Waals surface area (Å²) >= 11 is 5.96. The molecule has 0 fully saturated rings. The molecule has 0 aromatic heterocycles. The second-order valence-corrected chi connectivity index (χ2v) is 6.45. The van der Waals surface area contributed by atoms with Gasteiger partial charge in [-0.05, 0) is 57.2 Å². The van der Waals surface area contributed by atoms with Gasteiger partial charge in [-0.3, -0.25) is 0 Å². The van der Waals surface area contributed by atoms with Crippen LogP contribution in [0, 0.1) is 0 Å². The van der Waals surface area contributed by atoms with Gasteiger partial charge in [0.1, 0.15) is 0 Å². The van der Waals surface area contributed by atoms with Gasteiger partial charge in [-0.15, -0.1) is 0 Å². The van der Waals surface area contributed by atoms with Crippen LogP contribution >= 0.6 is 11.6 Å². The Morgan fingerprint density at radius 3 is 2.37 bits per heavy atom. The third-order valence-electron chi connectivity index (χ3n) is 3.12. The zero-order valence-electron chi connectivity index (χ0n) is 12.5. The van der Waals surface area contributed by atoms with Crippen molar-refractivity contribution in [2.75, 3.05) is 20.3 Å². The maximum absolute atomic E-state index is 5.96. The molecule has 0 amide bonds. The molecule has 19 heavy (non-hydrogen) atoms. The number of nitrogens with one attached hydrogen (secondary N) is 1. The highest BCUT2D eigenvalue weighted by Gasteiger charge is 2.15. The van der Waals surface area contributed by atoms with E-state index in [0.29, 0.717) is 5.92 Å². The van der Waals surface area contributed by atoms with Gasteiger partial charge in [0.15, 0.2) is 0 Å². The fourth-order valence-corrected chi connectivity index (χ4v) is 2.15. The lowest BCUT2D eigenvalue weighted by Crippen LogP contribution is -2.38. The van der Waals surface area contributed by atoms with Gasteiger partial charge in [-0.1, -0.05) is 23.7 Å². The van der Waals surface area contributed by atoms with Gasteiger partial charge in [0.05, 0.1) is 0 Å². The van der Waals surface area contributed by atoms with E-state index in [9.17, 15) is 0 Å². The van der Waals surface area contributed by atoms with E-state index < -0.39 is 0 Å². The second-order valence-electron chi connectivity index (χ2n) is 6.01. The van der Waals surface area contributed by atoms with E-state index >= 15 is 0 Å². The highest BCUT2D eigenvalue weighted by molar-refractivity contribution is 6.30. The van der Waals surface area contributed by atoms with Crippen molar-refractivity contribution >= 4 is 11.6 Å². The first-order valence-electron chi connectivity index (χ1n) is 6.92. The van der Waals surface area contributed by atoms with Crippen molar-refractivity contribution in [3.05, 3.63) is 34.9 Å². The SMILES string of the molecule is COCCCC(CNC(C)(C)C)c1ccc(Cl)cc1. The van der Waals surface area contributed by atoms with Gasteiger partial charge in [0, 0.05) is 30.8 Å². The number of rotatable bonds is 7. The van der Waals surface area contributed by atoms with Crippen LogP contribution in [-0.4, -0.2) is 25.8 Å². The van der Waals surface area contributed by atoms with Crippen LogP contribution in [0.1, 0.15) is 45.1 Å². The molecule has 0 radical (unpaired) electrons. The highest BCUT2D eigenvalue weighted by atomic mass is 35.5. The lowest BCUT2D eigenvalue weighted by molar-refractivity contribution is 0.189. The smallest absolute Gasteiger partial charge is 0.0462 e. The molecular formula is C16H26ClNO. The normalized spacial score (nSPS) is 13.5. The van der Waals surface area contributed by atoms with E-state index in [4.69, 9.17) is 16.3 Å². The predicted octanol–water partition coefficient (Wildman–Crippen LogP) is 4.24. The lowest BCUT2D eigenvalue weighted by Gasteiger charge is -2.25. The average molecular weight is 284 g/mol. The number of hydrogen-bond acceptors (Lipinski definition) is 2. The number of ether oxygens (including phenoxy) is 1. The van der Waals surface area contributed by atoms with E-state index in [1.807, 2.05) is 12.1 Å². The first-order chi connectivity index (χ1) is 8.92. The van der Waals surface area contributed by atoms with Gasteiger partial charge < -0.3 is 10.1 Å². The van der Waals surface area contributed by atoms with Gasteiger partial charge in [-0.25, -0.2) is 0 Å². The van der Waals surface area contributed by atoms with Crippen molar-refractivity contribution in [1.82, 2.24) is 5.32 Å². The van der Waals surface area contributed by atoms with Crippen LogP contribution in [0.4, 0.5) is 0 Å². The average Bonchev–Trinajstić information content (AvgIpc) is 2.34. The monoisotopic (exact) mass is 283 g/mol. The van der Waals surface area contributed by atoms with Crippen molar-refractivity contribution in [3.8, 4) is 0 Å². The van der Waals surface area contributed by atoms with E-state index in [-0.39, 0.29) is 5.54 Å². The molecule has 1 N–H and O–H groups in total. The minimum Gasteiger partial charge on any atom is -0.385 e. The van der Waals surface area contributed by atoms with E-state index in [1.54, 1.807) is 7.11 Å². The second kappa shape index (κ2) is 7.88. The zero-order chi connectivity index (χ0) is 14.3. The molecule has 0 heterocycles. The van der Waals surface area contributed by atoms with Crippen molar-refractivity contribution in [2.45, 2.75) is 45.1 Å². The quantitative estimate of drug-likeness (QED) is 0.756. The molecule has 0 saturated heterocycles. The Hall–Kier alpha value is -0.570. The molecule has 0 bridgehead atoms. The highest BCUT2D eigenvalue weighted by Crippen LogP contribution is 2.23. The first-order valence-corrected chi connectivity index (χ1v) is 7.29. The molecule has 3 heteroatoms. The number of halogens is 1. The molecule has 1 rings (SSSR count). The summed E-state index contributed by atoms with van der Waals surface area (Å²) in [6.07, 6.45) is 2.20. The summed E-state index contributed by atoms with van der Waals surface area (Å²) < 4.78 is 5.15. The third-order valence-corrected chi connectivity index (χ3v) is 3.37. The van der Waals surface area contributed by atoms with Crippen LogP contribution in [0.5, 0.6) is 0 Å². The third kappa shape index (κ3) is 6.95. The fourth-order valence-electron chi connectivity index (χ4n) is 2.02. The molecule has 2 nitrogen and oxygen atoms in total. The largest absolute Gasteiger partial charge is 0.385 e. The van der Waals surface area contributed by atoms with Gasteiger partial charge in [-0.2, -0.15) is 0 Å². The summed E-state index contributed by atoms with van der Waals surface area (Å²) in [5, 5.41) is 4.38. The molecule has 0 saturated carbocycles. The minimum absolute atomic E-state index is 0.145. The van der Waals surface area contributed by atoms with E-state index in [2.05, 4.69) is 38.2 Å². The summed E-state index contributed by atoms with van der Waals surface area (Å²) in [6.45, 7) is 8.39. The Balaban J connectivity index is 2.65. The van der Waals surface area contributed by atoms with Crippen molar-refractivity contribution in [2.24, 2.45) is 0 Å². The zero-order valence-corrected chi connectivity index (χ0v) is 13.3. The topological polar surface area (TPSA) is 21.3 Å². The first kappa shape index (κ1) is 16.5. The Labute approximate surface area is 122 Å². The van der Waals surface area contributed by atoms with Crippen LogP contribution in [0.15, 0.2) is 24.3 Å². The molecule has 0 spiro atoms. The van der Waals surface area contributed by atoms with E-state index in [0.717, 1.165) is 31.0 Å². The van der Waals surface area contributed by atoms with Crippen molar-refractivity contribution < 1.29 is 4.74 Å². The van der Waals surface area contributed by atoms with E-state index in [1.165, 1.54) is 5.56 Å². The molecule has 1 unspecified atom stereocenters. The molecule has 0 aliphatic carbocycles. The molecule has 1 atom stereocenters. The Bertz CT molecular complexity index is 356. The summed E-state index contributed by atoms with van der Waals surface area (Å²) in [5.74, 6) is 0.506. The number of benzene rings is 1. The Morgan fingerprint density at radius 2 is 1.84 bits per heavy atom. The molecule has 1 aromatic rings. The molecule has 0 aliphatic heterocycles. The van der Waals surface area contributed by atoms with Crippen LogP contribution in [0.25, 0.3) is 0 Å². The summed E-state index contributed by atoms with van der Waals surface area (Å²) in [7, 11) is 1.75. The van der Waals surface area contributed by atoms with Crippen LogP contribution in [0.2, 0.25) is 5.02 Å². The summed E-state index contributed by atoms with van der Waals surface area (Å²) in [6, 6.07) is 8.20. The van der Waals surface area contributed by atoms with Crippen LogP contribution < -0.4 is 5.32 Å². The van der Waals surface area contributed by atoms with Crippen LogP contribution in [-0.2, 0) is 4.74 Å². The predicted molar refractivity (Wildman–Crippen MR) is 83.1 cm³/mol. The van der Waals surface area contributed by atoms with Crippen LogP contribution in [0.3, 0.4) is 0 Å². The van der Waals surface area contributed by atoms with Gasteiger partial charge >= 0.3 is 0 Å².